The van der Waals surface area contributed by atoms with Gasteiger partial charge in [-0.3, -0.25) is 4.79 Å². The molecule has 0 aliphatic carbocycles. The van der Waals surface area contributed by atoms with Crippen LogP contribution in [0.1, 0.15) is 18.5 Å². The molecule has 1 aromatic heterocycles. The highest BCUT2D eigenvalue weighted by Crippen LogP contribution is 2.21. The maximum absolute atomic E-state index is 13.9. The Kier molecular flexibility index (Phi) is 5.11. The second-order valence-corrected chi connectivity index (χ2v) is 4.78. The summed E-state index contributed by atoms with van der Waals surface area (Å²) >= 11 is 0. The molecule has 2 rings (SSSR count). The van der Waals surface area contributed by atoms with Crippen molar-refractivity contribution in [2.24, 2.45) is 0 Å². The summed E-state index contributed by atoms with van der Waals surface area (Å²) in [6.07, 6.45) is 1.68. The first-order valence-corrected chi connectivity index (χ1v) is 6.87. The maximum atomic E-state index is 13.9. The fourth-order valence-corrected chi connectivity index (χ4v) is 1.97. The molecule has 1 heterocycles. The normalized spacial score (nSPS) is 12.1. The van der Waals surface area contributed by atoms with Crippen molar-refractivity contribution in [1.29, 1.82) is 0 Å². The van der Waals surface area contributed by atoms with E-state index in [-0.39, 0.29) is 24.0 Å². The molecule has 0 radical (unpaired) electrons. The molecule has 1 aromatic carbocycles. The third-order valence-corrected chi connectivity index (χ3v) is 3.38. The molecule has 5 heteroatoms. The summed E-state index contributed by atoms with van der Waals surface area (Å²) in [6.45, 7) is 2.58. The zero-order chi connectivity index (χ0) is 15.2. The average Bonchev–Trinajstić information content (AvgIpc) is 2.50. The molecule has 0 saturated carbocycles. The molecular formula is C16H19FN2O2. The van der Waals surface area contributed by atoms with Crippen molar-refractivity contribution in [2.45, 2.75) is 19.5 Å². The summed E-state index contributed by atoms with van der Waals surface area (Å²) in [7, 11) is 1.82. The fourth-order valence-electron chi connectivity index (χ4n) is 1.97. The Hall–Kier alpha value is -2.14. The number of hydrogen-bond donors (Lipinski definition) is 1. The first-order chi connectivity index (χ1) is 10.1. The van der Waals surface area contributed by atoms with Crippen molar-refractivity contribution in [2.75, 3.05) is 13.7 Å². The zero-order valence-corrected chi connectivity index (χ0v) is 12.2. The Morgan fingerprint density at radius 1 is 1.33 bits per heavy atom. The molecule has 2 aromatic rings. The molecule has 1 unspecified atom stereocenters. The molecule has 0 bridgehead atoms. The zero-order valence-electron chi connectivity index (χ0n) is 12.2. The standard InChI is InChI=1S/C16H19FN2O2/c1-12(18-2)13-6-7-15(14(17)11-13)21-10-9-19-8-4-3-5-16(19)20/h3-8,11-12,18H,9-10H2,1-2H3. The fraction of sp³-hybridized carbons (Fsp3) is 0.312. The van der Waals surface area contributed by atoms with Gasteiger partial charge in [0.15, 0.2) is 11.6 Å². The van der Waals surface area contributed by atoms with Gasteiger partial charge >= 0.3 is 0 Å². The van der Waals surface area contributed by atoms with Gasteiger partial charge in [-0.25, -0.2) is 4.39 Å². The summed E-state index contributed by atoms with van der Waals surface area (Å²) in [6, 6.07) is 9.92. The summed E-state index contributed by atoms with van der Waals surface area (Å²) < 4.78 is 20.9. The number of ether oxygens (including phenoxy) is 1. The van der Waals surface area contributed by atoms with E-state index in [1.165, 1.54) is 16.7 Å². The largest absolute Gasteiger partial charge is 0.489 e. The van der Waals surface area contributed by atoms with Gasteiger partial charge in [0.1, 0.15) is 6.61 Å². The van der Waals surface area contributed by atoms with Gasteiger partial charge in [-0.15, -0.1) is 0 Å². The van der Waals surface area contributed by atoms with Gasteiger partial charge in [0, 0.05) is 18.3 Å². The van der Waals surface area contributed by atoms with Crippen molar-refractivity contribution in [3.8, 4) is 5.75 Å². The van der Waals surface area contributed by atoms with Gasteiger partial charge in [0.05, 0.1) is 6.54 Å². The van der Waals surface area contributed by atoms with Crippen molar-refractivity contribution in [3.05, 3.63) is 64.3 Å². The van der Waals surface area contributed by atoms with Crippen LogP contribution in [-0.4, -0.2) is 18.2 Å². The predicted molar refractivity (Wildman–Crippen MR) is 80.1 cm³/mol. The molecule has 0 aliphatic heterocycles. The monoisotopic (exact) mass is 290 g/mol. The molecular weight excluding hydrogens is 271 g/mol. The van der Waals surface area contributed by atoms with E-state index in [0.29, 0.717) is 6.54 Å². The number of benzene rings is 1. The molecule has 0 aliphatic rings. The van der Waals surface area contributed by atoms with E-state index in [9.17, 15) is 9.18 Å². The number of aromatic nitrogens is 1. The Bertz CT molecular complexity index is 655. The summed E-state index contributed by atoms with van der Waals surface area (Å²) in [5, 5.41) is 3.05. The first kappa shape index (κ1) is 15.3. The molecule has 0 spiro atoms. The van der Waals surface area contributed by atoms with Gasteiger partial charge in [-0.05, 0) is 37.7 Å². The van der Waals surface area contributed by atoms with Crippen molar-refractivity contribution < 1.29 is 9.13 Å². The number of hydrogen-bond acceptors (Lipinski definition) is 3. The van der Waals surface area contributed by atoms with E-state index in [2.05, 4.69) is 5.32 Å². The van der Waals surface area contributed by atoms with E-state index in [1.807, 2.05) is 20.0 Å². The van der Waals surface area contributed by atoms with Gasteiger partial charge in [0.25, 0.3) is 5.56 Å². The van der Waals surface area contributed by atoms with Crippen molar-refractivity contribution in [1.82, 2.24) is 9.88 Å². The smallest absolute Gasteiger partial charge is 0.250 e. The Labute approximate surface area is 123 Å². The van der Waals surface area contributed by atoms with Crippen LogP contribution in [-0.2, 0) is 6.54 Å². The topological polar surface area (TPSA) is 43.3 Å². The van der Waals surface area contributed by atoms with Crippen molar-refractivity contribution in [3.63, 3.8) is 0 Å². The van der Waals surface area contributed by atoms with E-state index in [0.717, 1.165) is 5.56 Å². The molecule has 1 atom stereocenters. The summed E-state index contributed by atoms with van der Waals surface area (Å²) in [5.41, 5.74) is 0.765. The molecule has 0 amide bonds. The summed E-state index contributed by atoms with van der Waals surface area (Å²) in [5.74, 6) is -0.193. The SMILES string of the molecule is CNC(C)c1ccc(OCCn2ccccc2=O)c(F)c1. The summed E-state index contributed by atoms with van der Waals surface area (Å²) in [4.78, 5) is 11.5. The highest BCUT2D eigenvalue weighted by molar-refractivity contribution is 5.30. The molecule has 4 nitrogen and oxygen atoms in total. The number of nitrogens with zero attached hydrogens (tertiary/aromatic N) is 1. The quantitative estimate of drug-likeness (QED) is 0.888. The number of nitrogens with one attached hydrogen (secondary N) is 1. The minimum Gasteiger partial charge on any atom is -0.489 e. The number of pyridine rings is 1. The van der Waals surface area contributed by atoms with Gasteiger partial charge < -0.3 is 14.6 Å². The minimum atomic E-state index is -0.394. The van der Waals surface area contributed by atoms with E-state index >= 15 is 0 Å². The lowest BCUT2D eigenvalue weighted by Gasteiger charge is -2.13. The molecule has 0 saturated heterocycles. The maximum Gasteiger partial charge on any atom is 0.250 e. The predicted octanol–water partition coefficient (Wildman–Crippen LogP) is 2.35. The minimum absolute atomic E-state index is 0.0800. The molecule has 112 valence electrons. The average molecular weight is 290 g/mol. The highest BCUT2D eigenvalue weighted by atomic mass is 19.1. The number of rotatable bonds is 6. The third kappa shape index (κ3) is 3.92. The van der Waals surface area contributed by atoms with Crippen LogP contribution in [0.15, 0.2) is 47.4 Å². The Morgan fingerprint density at radius 3 is 2.81 bits per heavy atom. The van der Waals surface area contributed by atoms with Crippen LogP contribution in [0.25, 0.3) is 0 Å². The second kappa shape index (κ2) is 7.04. The number of halogens is 1. The van der Waals surface area contributed by atoms with Crippen LogP contribution in [0.5, 0.6) is 5.75 Å². The lowest BCUT2D eigenvalue weighted by molar-refractivity contribution is 0.282. The van der Waals surface area contributed by atoms with E-state index < -0.39 is 5.82 Å². The van der Waals surface area contributed by atoms with E-state index in [1.54, 1.807) is 24.4 Å². The lowest BCUT2D eigenvalue weighted by atomic mass is 10.1. The molecule has 1 N–H and O–H groups in total. The van der Waals surface area contributed by atoms with Gasteiger partial charge in [-0.2, -0.15) is 0 Å². The highest BCUT2D eigenvalue weighted by Gasteiger charge is 2.08. The third-order valence-electron chi connectivity index (χ3n) is 3.38. The van der Waals surface area contributed by atoms with Crippen LogP contribution >= 0.6 is 0 Å². The van der Waals surface area contributed by atoms with E-state index in [4.69, 9.17) is 4.74 Å². The van der Waals surface area contributed by atoms with Gasteiger partial charge in [-0.1, -0.05) is 12.1 Å². The molecule has 0 fully saturated rings. The van der Waals surface area contributed by atoms with Crippen LogP contribution in [0, 0.1) is 5.82 Å². The van der Waals surface area contributed by atoms with Crippen LogP contribution < -0.4 is 15.6 Å². The van der Waals surface area contributed by atoms with Crippen LogP contribution in [0.4, 0.5) is 4.39 Å². The van der Waals surface area contributed by atoms with Crippen LogP contribution in [0.2, 0.25) is 0 Å². The second-order valence-electron chi connectivity index (χ2n) is 4.78. The lowest BCUT2D eigenvalue weighted by Crippen LogP contribution is -2.21. The van der Waals surface area contributed by atoms with Crippen LogP contribution in [0.3, 0.4) is 0 Å². The Balaban J connectivity index is 1.98. The molecule has 21 heavy (non-hydrogen) atoms. The van der Waals surface area contributed by atoms with Crippen molar-refractivity contribution >= 4 is 0 Å². The first-order valence-electron chi connectivity index (χ1n) is 6.87. The van der Waals surface area contributed by atoms with Gasteiger partial charge in [0.2, 0.25) is 0 Å². The Morgan fingerprint density at radius 2 is 2.14 bits per heavy atom.